The number of halogens is 3. The lowest BCUT2D eigenvalue weighted by molar-refractivity contribution is -0.141. The van der Waals surface area contributed by atoms with Gasteiger partial charge in [0.2, 0.25) is 0 Å². The number of aromatic nitrogens is 1. The van der Waals surface area contributed by atoms with E-state index in [1.54, 1.807) is 4.90 Å². The predicted molar refractivity (Wildman–Crippen MR) is 83.4 cm³/mol. The van der Waals surface area contributed by atoms with Crippen LogP contribution in [0.3, 0.4) is 0 Å². The van der Waals surface area contributed by atoms with E-state index in [9.17, 15) is 18.0 Å². The van der Waals surface area contributed by atoms with Gasteiger partial charge in [0.05, 0.1) is 5.56 Å². The van der Waals surface area contributed by atoms with Gasteiger partial charge in [-0.2, -0.15) is 13.2 Å². The van der Waals surface area contributed by atoms with Crippen LogP contribution in [0, 0.1) is 0 Å². The molecule has 2 heterocycles. The van der Waals surface area contributed by atoms with E-state index in [4.69, 9.17) is 0 Å². The van der Waals surface area contributed by atoms with E-state index < -0.39 is 11.9 Å². The van der Waals surface area contributed by atoms with Gasteiger partial charge >= 0.3 is 6.18 Å². The highest BCUT2D eigenvalue weighted by Gasteiger charge is 2.33. The first-order valence-electron chi connectivity index (χ1n) is 7.83. The summed E-state index contributed by atoms with van der Waals surface area (Å²) in [5, 5.41) is 0. The molecule has 0 bridgehead atoms. The molecule has 1 aromatic heterocycles. The quantitative estimate of drug-likeness (QED) is 0.852. The van der Waals surface area contributed by atoms with Crippen LogP contribution in [0.4, 0.5) is 13.2 Å². The van der Waals surface area contributed by atoms with Crippen LogP contribution in [0.1, 0.15) is 34.5 Å². The van der Waals surface area contributed by atoms with Crippen LogP contribution in [-0.4, -0.2) is 28.4 Å². The van der Waals surface area contributed by atoms with Crippen LogP contribution in [0.15, 0.2) is 48.7 Å². The molecule has 0 spiro atoms. The first-order chi connectivity index (χ1) is 11.4. The molecule has 1 aromatic carbocycles. The van der Waals surface area contributed by atoms with Crippen molar-refractivity contribution in [3.8, 4) is 0 Å². The first kappa shape index (κ1) is 16.5. The van der Waals surface area contributed by atoms with Gasteiger partial charge < -0.3 is 4.90 Å². The lowest BCUT2D eigenvalue weighted by Gasteiger charge is -2.25. The Morgan fingerprint density at radius 2 is 1.92 bits per heavy atom. The fourth-order valence-corrected chi connectivity index (χ4v) is 3.06. The van der Waals surface area contributed by atoms with E-state index in [0.29, 0.717) is 6.54 Å². The van der Waals surface area contributed by atoms with E-state index in [0.717, 1.165) is 37.1 Å². The van der Waals surface area contributed by atoms with Gasteiger partial charge in [-0.3, -0.25) is 9.78 Å². The van der Waals surface area contributed by atoms with Crippen LogP contribution in [0.2, 0.25) is 0 Å². The molecule has 3 nitrogen and oxygen atoms in total. The van der Waals surface area contributed by atoms with Crippen molar-refractivity contribution < 1.29 is 18.0 Å². The Labute approximate surface area is 138 Å². The highest BCUT2D eigenvalue weighted by molar-refractivity contribution is 5.94. The highest BCUT2D eigenvalue weighted by Crippen LogP contribution is 2.28. The molecule has 0 N–H and O–H groups in total. The number of carbonyl (C=O) groups excluding carboxylic acids is 1. The van der Waals surface area contributed by atoms with E-state index in [1.807, 2.05) is 30.3 Å². The molecule has 6 heteroatoms. The summed E-state index contributed by atoms with van der Waals surface area (Å²) >= 11 is 0. The van der Waals surface area contributed by atoms with Crippen molar-refractivity contribution in [1.82, 2.24) is 9.88 Å². The van der Waals surface area contributed by atoms with Crippen molar-refractivity contribution in [1.29, 1.82) is 0 Å². The van der Waals surface area contributed by atoms with Gasteiger partial charge in [-0.05, 0) is 37.0 Å². The summed E-state index contributed by atoms with van der Waals surface area (Å²) in [5.74, 6) is -0.255. The number of likely N-dealkylation sites (tertiary alicyclic amines) is 1. The monoisotopic (exact) mass is 334 g/mol. The first-order valence-corrected chi connectivity index (χ1v) is 7.83. The minimum atomic E-state index is -4.49. The maximum Gasteiger partial charge on any atom is 0.433 e. The zero-order valence-corrected chi connectivity index (χ0v) is 13.0. The second-order valence-corrected chi connectivity index (χ2v) is 5.91. The van der Waals surface area contributed by atoms with Crippen LogP contribution < -0.4 is 0 Å². The number of carbonyl (C=O) groups is 1. The number of benzene rings is 1. The summed E-state index contributed by atoms with van der Waals surface area (Å²) in [6, 6.07) is 12.0. The van der Waals surface area contributed by atoms with Gasteiger partial charge in [0.25, 0.3) is 5.91 Å². The molecule has 1 amide bonds. The van der Waals surface area contributed by atoms with Crippen molar-refractivity contribution in [3.63, 3.8) is 0 Å². The fraction of sp³-hybridized carbons (Fsp3) is 0.333. The Morgan fingerprint density at radius 3 is 2.54 bits per heavy atom. The van der Waals surface area contributed by atoms with E-state index in [1.165, 1.54) is 6.07 Å². The topological polar surface area (TPSA) is 33.2 Å². The molecule has 1 saturated heterocycles. The van der Waals surface area contributed by atoms with E-state index >= 15 is 0 Å². The van der Waals surface area contributed by atoms with Crippen molar-refractivity contribution in [3.05, 3.63) is 65.5 Å². The SMILES string of the molecule is O=C(c1ccc(C(F)(F)F)nc1)N1CCCC1Cc1ccccc1. The Balaban J connectivity index is 1.73. The molecule has 1 aliphatic rings. The predicted octanol–water partition coefficient (Wildman–Crippen LogP) is 3.95. The number of hydrogen-bond acceptors (Lipinski definition) is 2. The molecule has 24 heavy (non-hydrogen) atoms. The molecule has 126 valence electrons. The highest BCUT2D eigenvalue weighted by atomic mass is 19.4. The molecule has 1 aliphatic heterocycles. The molecule has 0 aliphatic carbocycles. The van der Waals surface area contributed by atoms with E-state index in [-0.39, 0.29) is 17.5 Å². The van der Waals surface area contributed by atoms with Crippen molar-refractivity contribution in [2.45, 2.75) is 31.5 Å². The maximum atomic E-state index is 12.6. The van der Waals surface area contributed by atoms with Crippen LogP contribution in [0.25, 0.3) is 0 Å². The fourth-order valence-electron chi connectivity index (χ4n) is 3.06. The third-order valence-electron chi connectivity index (χ3n) is 4.25. The number of rotatable bonds is 3. The summed E-state index contributed by atoms with van der Waals surface area (Å²) in [5.41, 5.74) is 0.358. The molecule has 1 atom stereocenters. The summed E-state index contributed by atoms with van der Waals surface area (Å²) in [6.07, 6.45) is -0.930. The van der Waals surface area contributed by atoms with Crippen LogP contribution in [-0.2, 0) is 12.6 Å². The second kappa shape index (κ2) is 6.63. The average Bonchev–Trinajstić information content (AvgIpc) is 3.02. The Morgan fingerprint density at radius 1 is 1.17 bits per heavy atom. The van der Waals surface area contributed by atoms with E-state index in [2.05, 4.69) is 4.98 Å². The van der Waals surface area contributed by atoms with Crippen molar-refractivity contribution >= 4 is 5.91 Å². The van der Waals surface area contributed by atoms with Gasteiger partial charge in [0, 0.05) is 18.8 Å². The molecule has 1 fully saturated rings. The molecule has 0 radical (unpaired) electrons. The summed E-state index contributed by atoms with van der Waals surface area (Å²) in [7, 11) is 0. The molecule has 3 rings (SSSR count). The molecule has 0 saturated carbocycles. The third-order valence-corrected chi connectivity index (χ3v) is 4.25. The minimum absolute atomic E-state index is 0.0715. The standard InChI is InChI=1S/C18H17F3N2O/c19-18(20,21)16-9-8-14(12-22-16)17(24)23-10-4-7-15(23)11-13-5-2-1-3-6-13/h1-3,5-6,8-9,12,15H,4,7,10-11H2. The summed E-state index contributed by atoms with van der Waals surface area (Å²) in [4.78, 5) is 17.7. The summed E-state index contributed by atoms with van der Waals surface area (Å²) in [6.45, 7) is 0.622. The largest absolute Gasteiger partial charge is 0.433 e. The molecule has 2 aromatic rings. The van der Waals surface area contributed by atoms with Gasteiger partial charge in [-0.25, -0.2) is 0 Å². The second-order valence-electron chi connectivity index (χ2n) is 5.91. The van der Waals surface area contributed by atoms with Gasteiger partial charge in [-0.15, -0.1) is 0 Å². The number of nitrogens with zero attached hydrogens (tertiary/aromatic N) is 2. The Kier molecular flexibility index (Phi) is 4.55. The smallest absolute Gasteiger partial charge is 0.335 e. The van der Waals surface area contributed by atoms with Crippen LogP contribution >= 0.6 is 0 Å². The van der Waals surface area contributed by atoms with Crippen molar-refractivity contribution in [2.75, 3.05) is 6.54 Å². The van der Waals surface area contributed by atoms with Gasteiger partial charge in [0.15, 0.2) is 0 Å². The Bertz CT molecular complexity index is 698. The number of pyridine rings is 1. The number of hydrogen-bond donors (Lipinski definition) is 0. The third kappa shape index (κ3) is 3.58. The zero-order valence-electron chi connectivity index (χ0n) is 13.0. The van der Waals surface area contributed by atoms with Gasteiger partial charge in [0.1, 0.15) is 5.69 Å². The maximum absolute atomic E-state index is 12.6. The lowest BCUT2D eigenvalue weighted by Crippen LogP contribution is -2.36. The average molecular weight is 334 g/mol. The lowest BCUT2D eigenvalue weighted by atomic mass is 10.0. The number of alkyl halides is 3. The van der Waals surface area contributed by atoms with Crippen molar-refractivity contribution in [2.24, 2.45) is 0 Å². The molecular formula is C18H17F3N2O. The molecular weight excluding hydrogens is 317 g/mol. The zero-order chi connectivity index (χ0) is 17.2. The normalized spacial score (nSPS) is 18.0. The van der Waals surface area contributed by atoms with Gasteiger partial charge in [-0.1, -0.05) is 30.3 Å². The molecule has 1 unspecified atom stereocenters. The van der Waals surface area contributed by atoms with Crippen LogP contribution in [0.5, 0.6) is 0 Å². The number of amides is 1. The minimum Gasteiger partial charge on any atom is -0.335 e. The summed E-state index contributed by atoms with van der Waals surface area (Å²) < 4.78 is 37.7. The Hall–Kier alpha value is -2.37.